The number of anilines is 1. The summed E-state index contributed by atoms with van der Waals surface area (Å²) in [5.74, 6) is 0.373. The van der Waals surface area contributed by atoms with Gasteiger partial charge in [-0.3, -0.25) is 9.78 Å². The van der Waals surface area contributed by atoms with Crippen molar-refractivity contribution in [3.05, 3.63) is 35.7 Å². The first-order chi connectivity index (χ1) is 12.0. The Morgan fingerprint density at radius 2 is 1.58 bits per heavy atom. The summed E-state index contributed by atoms with van der Waals surface area (Å²) in [4.78, 5) is 17.5. The lowest BCUT2D eigenvalue weighted by atomic mass is 9.48. The van der Waals surface area contributed by atoms with Crippen LogP contribution in [0.15, 0.2) is 35.7 Å². The van der Waals surface area contributed by atoms with Crippen LogP contribution in [0.25, 0.3) is 0 Å². The number of hydrogen-bond donors (Lipinski definition) is 1. The smallest absolute Gasteiger partial charge is 0.161 e. The van der Waals surface area contributed by atoms with Crippen molar-refractivity contribution in [1.29, 1.82) is 0 Å². The van der Waals surface area contributed by atoms with Crippen molar-refractivity contribution in [2.24, 2.45) is 16.2 Å². The van der Waals surface area contributed by atoms with Crippen LogP contribution in [0.5, 0.6) is 0 Å². The molecule has 3 aliphatic rings. The van der Waals surface area contributed by atoms with E-state index in [1.165, 1.54) is 12.0 Å². The second kappa shape index (κ2) is 5.43. The molecule has 0 aliphatic heterocycles. The molecule has 3 heteroatoms. The molecule has 3 nitrogen and oxygen atoms in total. The molecule has 1 heterocycles. The maximum absolute atomic E-state index is 13.3. The minimum absolute atomic E-state index is 0.0886. The van der Waals surface area contributed by atoms with Crippen LogP contribution >= 0.6 is 0 Å². The van der Waals surface area contributed by atoms with Gasteiger partial charge in [-0.25, -0.2) is 0 Å². The number of rotatable bonds is 2. The highest BCUT2D eigenvalue weighted by molar-refractivity contribution is 6.00. The van der Waals surface area contributed by atoms with Crippen molar-refractivity contribution in [2.45, 2.75) is 78.7 Å². The Kier molecular flexibility index (Phi) is 3.71. The van der Waals surface area contributed by atoms with Crippen LogP contribution in [0, 0.1) is 16.2 Å². The van der Waals surface area contributed by atoms with E-state index in [4.69, 9.17) is 0 Å². The third-order valence-electron chi connectivity index (χ3n) is 6.56. The molecule has 1 aromatic rings. The number of fused-ring (bicyclic) bond motifs is 3. The van der Waals surface area contributed by atoms with E-state index in [2.05, 4.69) is 44.9 Å². The summed E-state index contributed by atoms with van der Waals surface area (Å²) < 4.78 is 0. The fraction of sp³-hybridized carbons (Fsp3) is 0.652. The van der Waals surface area contributed by atoms with Gasteiger partial charge in [-0.1, -0.05) is 40.2 Å². The highest BCUT2D eigenvalue weighted by Crippen LogP contribution is 2.62. The normalized spacial score (nSPS) is 35.0. The minimum atomic E-state index is -0.237. The van der Waals surface area contributed by atoms with Crippen LogP contribution in [0.3, 0.4) is 0 Å². The monoisotopic (exact) mass is 352 g/mol. The van der Waals surface area contributed by atoms with Gasteiger partial charge in [-0.15, -0.1) is 0 Å². The number of nitrogens with one attached hydrogen (secondary N) is 1. The molecule has 2 atom stereocenters. The number of aromatic nitrogens is 1. The van der Waals surface area contributed by atoms with E-state index in [0.717, 1.165) is 36.9 Å². The molecule has 1 fully saturated rings. The number of Topliss-reactive ketones (excluding diaryl/α,β-unsaturated/α-hetero) is 1. The first kappa shape index (κ1) is 17.8. The molecule has 3 aliphatic carbocycles. The molecule has 1 saturated carbocycles. The largest absolute Gasteiger partial charge is 0.375 e. The topological polar surface area (TPSA) is 42.0 Å². The van der Waals surface area contributed by atoms with E-state index in [0.29, 0.717) is 12.2 Å². The molecule has 0 aromatic carbocycles. The quantitative estimate of drug-likeness (QED) is 0.760. The van der Waals surface area contributed by atoms with Gasteiger partial charge in [0.05, 0.1) is 5.54 Å². The van der Waals surface area contributed by atoms with Gasteiger partial charge in [0.2, 0.25) is 0 Å². The molecule has 140 valence electrons. The minimum Gasteiger partial charge on any atom is -0.375 e. The molecule has 1 aromatic heterocycles. The predicted molar refractivity (Wildman–Crippen MR) is 106 cm³/mol. The highest BCUT2D eigenvalue weighted by Gasteiger charge is 2.57. The molecular formula is C23H32N2O. The Labute approximate surface area is 157 Å². The number of allylic oxidation sites excluding steroid dienone is 1. The number of hydrogen-bond acceptors (Lipinski definition) is 3. The molecule has 0 amide bonds. The SMILES string of the molecule is CC1(C)CC(=O)C2=C(C1)CC1(C)CC(C)(C)CC2(Nc2ccncc2)C1. The zero-order valence-electron chi connectivity index (χ0n) is 16.9. The first-order valence-electron chi connectivity index (χ1n) is 9.96. The second-order valence-corrected chi connectivity index (χ2v) is 11.0. The lowest BCUT2D eigenvalue weighted by molar-refractivity contribution is -0.120. The molecule has 4 rings (SSSR count). The van der Waals surface area contributed by atoms with E-state index in [9.17, 15) is 4.79 Å². The average Bonchev–Trinajstić information content (AvgIpc) is 2.42. The summed E-state index contributed by atoms with van der Waals surface area (Å²) in [6, 6.07) is 4.06. The number of carbonyl (C=O) groups excluding carboxylic acids is 1. The van der Waals surface area contributed by atoms with Crippen LogP contribution < -0.4 is 5.32 Å². The second-order valence-electron chi connectivity index (χ2n) is 11.0. The van der Waals surface area contributed by atoms with Crippen molar-refractivity contribution < 1.29 is 4.79 Å². The number of pyridine rings is 1. The van der Waals surface area contributed by atoms with Crippen molar-refractivity contribution in [2.75, 3.05) is 5.32 Å². The van der Waals surface area contributed by atoms with Crippen LogP contribution in [-0.2, 0) is 4.79 Å². The van der Waals surface area contributed by atoms with Gasteiger partial charge < -0.3 is 5.32 Å². The van der Waals surface area contributed by atoms with Gasteiger partial charge >= 0.3 is 0 Å². The molecule has 26 heavy (non-hydrogen) atoms. The Morgan fingerprint density at radius 3 is 2.27 bits per heavy atom. The number of carbonyl (C=O) groups is 1. The molecular weight excluding hydrogens is 320 g/mol. The maximum atomic E-state index is 13.3. The van der Waals surface area contributed by atoms with Gasteiger partial charge in [0.25, 0.3) is 0 Å². The third kappa shape index (κ3) is 3.00. The Bertz CT molecular complexity index is 777. The van der Waals surface area contributed by atoms with Gasteiger partial charge in [0.15, 0.2) is 5.78 Å². The molecule has 1 N–H and O–H groups in total. The predicted octanol–water partition coefficient (Wildman–Crippen LogP) is 5.54. The Morgan fingerprint density at radius 1 is 0.885 bits per heavy atom. The lowest BCUT2D eigenvalue weighted by Gasteiger charge is -2.59. The standard InChI is InChI=1S/C23H32N2O/c1-20(2)10-16-11-22(5)13-21(3,4)14-23(15-22,19(16)18(26)12-20)25-17-6-8-24-9-7-17/h6-9H,10-15H2,1-5H3,(H,24,25). The van der Waals surface area contributed by atoms with E-state index in [1.54, 1.807) is 0 Å². The summed E-state index contributed by atoms with van der Waals surface area (Å²) in [5, 5.41) is 3.84. The third-order valence-corrected chi connectivity index (χ3v) is 6.56. The summed E-state index contributed by atoms with van der Waals surface area (Å²) in [7, 11) is 0. The zero-order chi connectivity index (χ0) is 18.8. The molecule has 0 saturated heterocycles. The Hall–Kier alpha value is -1.64. The van der Waals surface area contributed by atoms with Gasteiger partial charge in [0, 0.05) is 30.1 Å². The van der Waals surface area contributed by atoms with E-state index >= 15 is 0 Å². The fourth-order valence-corrected chi connectivity index (χ4v) is 6.77. The number of ketones is 1. The van der Waals surface area contributed by atoms with E-state index in [-0.39, 0.29) is 21.8 Å². The van der Waals surface area contributed by atoms with Crippen molar-refractivity contribution in [1.82, 2.24) is 4.98 Å². The fourth-order valence-electron chi connectivity index (χ4n) is 6.77. The zero-order valence-corrected chi connectivity index (χ0v) is 16.9. The highest BCUT2D eigenvalue weighted by atomic mass is 16.1. The van der Waals surface area contributed by atoms with Gasteiger partial charge in [0.1, 0.15) is 0 Å². The van der Waals surface area contributed by atoms with E-state index < -0.39 is 0 Å². The van der Waals surface area contributed by atoms with Crippen molar-refractivity contribution in [3.63, 3.8) is 0 Å². The van der Waals surface area contributed by atoms with Gasteiger partial charge in [-0.05, 0) is 60.5 Å². The van der Waals surface area contributed by atoms with E-state index in [1.807, 2.05) is 24.5 Å². The van der Waals surface area contributed by atoms with Crippen LogP contribution in [-0.4, -0.2) is 16.3 Å². The summed E-state index contributed by atoms with van der Waals surface area (Å²) in [6.07, 6.45) is 9.77. The van der Waals surface area contributed by atoms with Crippen LogP contribution in [0.4, 0.5) is 5.69 Å². The van der Waals surface area contributed by atoms with Crippen LogP contribution in [0.2, 0.25) is 0 Å². The lowest BCUT2D eigenvalue weighted by Crippen LogP contribution is -2.58. The average molecular weight is 353 g/mol. The summed E-state index contributed by atoms with van der Waals surface area (Å²) in [6.45, 7) is 11.7. The summed E-state index contributed by atoms with van der Waals surface area (Å²) >= 11 is 0. The van der Waals surface area contributed by atoms with Crippen molar-refractivity contribution >= 4 is 11.5 Å². The number of nitrogens with zero attached hydrogens (tertiary/aromatic N) is 1. The van der Waals surface area contributed by atoms with Crippen molar-refractivity contribution in [3.8, 4) is 0 Å². The first-order valence-corrected chi connectivity index (χ1v) is 9.96. The molecule has 2 unspecified atom stereocenters. The maximum Gasteiger partial charge on any atom is 0.161 e. The van der Waals surface area contributed by atoms with Gasteiger partial charge in [-0.2, -0.15) is 0 Å². The summed E-state index contributed by atoms with van der Waals surface area (Å²) in [5.41, 5.74) is 3.96. The molecule has 0 radical (unpaired) electrons. The van der Waals surface area contributed by atoms with Crippen LogP contribution in [0.1, 0.15) is 73.1 Å². The molecule has 0 spiro atoms. The molecule has 2 bridgehead atoms. The Balaban J connectivity index is 1.87.